The van der Waals surface area contributed by atoms with E-state index in [1.165, 1.54) is 5.37 Å². The van der Waals surface area contributed by atoms with Crippen molar-refractivity contribution in [1.29, 1.82) is 0 Å². The van der Waals surface area contributed by atoms with Crippen LogP contribution in [0.4, 0.5) is 0 Å². The van der Waals surface area contributed by atoms with Crippen LogP contribution >= 0.6 is 11.8 Å². The van der Waals surface area contributed by atoms with Gasteiger partial charge in [0.15, 0.2) is 0 Å². The first-order chi connectivity index (χ1) is 2.89. The lowest BCUT2D eigenvalue weighted by Gasteiger charge is -1.94. The third kappa shape index (κ3) is 0.684. The SMILES string of the molecule is C[C]1NC=CS1. The number of nitrogens with one attached hydrogen (secondary N) is 1. The Kier molecular flexibility index (Phi) is 1.05. The third-order valence-corrected chi connectivity index (χ3v) is 1.34. The van der Waals surface area contributed by atoms with E-state index in [1.807, 2.05) is 18.5 Å². The molecule has 1 heterocycles. The Bertz CT molecular complexity index is 61.9. The second kappa shape index (κ2) is 1.56. The van der Waals surface area contributed by atoms with Gasteiger partial charge in [0, 0.05) is 6.20 Å². The van der Waals surface area contributed by atoms with Gasteiger partial charge in [0.1, 0.15) is 5.37 Å². The maximum atomic E-state index is 3.02. The van der Waals surface area contributed by atoms with E-state index in [2.05, 4.69) is 5.32 Å². The van der Waals surface area contributed by atoms with Gasteiger partial charge >= 0.3 is 0 Å². The van der Waals surface area contributed by atoms with Crippen molar-refractivity contribution in [1.82, 2.24) is 5.32 Å². The second-order valence-electron chi connectivity index (χ2n) is 1.12. The summed E-state index contributed by atoms with van der Waals surface area (Å²) < 4.78 is 0. The molecule has 1 N–H and O–H groups in total. The first-order valence-corrected chi connectivity index (χ1v) is 2.69. The van der Waals surface area contributed by atoms with Crippen molar-refractivity contribution in [2.75, 3.05) is 0 Å². The van der Waals surface area contributed by atoms with Crippen LogP contribution in [0.1, 0.15) is 6.92 Å². The maximum absolute atomic E-state index is 3.02. The minimum Gasteiger partial charge on any atom is -0.374 e. The molecule has 0 aromatic rings. The summed E-state index contributed by atoms with van der Waals surface area (Å²) in [6.45, 7) is 2.05. The van der Waals surface area contributed by atoms with Gasteiger partial charge in [-0.1, -0.05) is 0 Å². The Labute approximate surface area is 41.8 Å². The number of hydrogen-bond acceptors (Lipinski definition) is 2. The standard InChI is InChI=1S/C4H6NS/c1-4-5-2-3-6-4/h2-3,5H,1H3. The van der Waals surface area contributed by atoms with Crippen LogP contribution in [0.25, 0.3) is 0 Å². The van der Waals surface area contributed by atoms with Crippen LogP contribution in [0, 0.1) is 5.37 Å². The van der Waals surface area contributed by atoms with Crippen molar-refractivity contribution in [3.8, 4) is 0 Å². The van der Waals surface area contributed by atoms with E-state index < -0.39 is 0 Å². The second-order valence-corrected chi connectivity index (χ2v) is 2.24. The summed E-state index contributed by atoms with van der Waals surface area (Å²) >= 11 is 1.72. The molecular formula is C4H6NS. The number of rotatable bonds is 0. The average molecular weight is 100 g/mol. The van der Waals surface area contributed by atoms with E-state index in [9.17, 15) is 0 Å². The average Bonchev–Trinajstić information content (AvgIpc) is 1.86. The molecule has 1 aliphatic rings. The smallest absolute Gasteiger partial charge is 0.117 e. The summed E-state index contributed by atoms with van der Waals surface area (Å²) in [5.41, 5.74) is 0. The van der Waals surface area contributed by atoms with Crippen molar-refractivity contribution in [3.63, 3.8) is 0 Å². The van der Waals surface area contributed by atoms with Gasteiger partial charge in [-0.25, -0.2) is 0 Å². The quantitative estimate of drug-likeness (QED) is 0.492. The zero-order chi connectivity index (χ0) is 4.41. The van der Waals surface area contributed by atoms with E-state index >= 15 is 0 Å². The van der Waals surface area contributed by atoms with Gasteiger partial charge in [-0.2, -0.15) is 0 Å². The Morgan fingerprint density at radius 3 is 2.83 bits per heavy atom. The van der Waals surface area contributed by atoms with Crippen molar-refractivity contribution in [3.05, 3.63) is 17.0 Å². The maximum Gasteiger partial charge on any atom is 0.117 e. The Hall–Kier alpha value is -0.110. The van der Waals surface area contributed by atoms with Crippen LogP contribution < -0.4 is 5.32 Å². The highest BCUT2D eigenvalue weighted by molar-refractivity contribution is 8.05. The molecule has 33 valence electrons. The minimum absolute atomic E-state index is 1.26. The van der Waals surface area contributed by atoms with Crippen LogP contribution in [0.5, 0.6) is 0 Å². The minimum atomic E-state index is 1.26. The molecule has 0 fully saturated rings. The summed E-state index contributed by atoms with van der Waals surface area (Å²) in [5.74, 6) is 0. The Morgan fingerprint density at radius 2 is 2.67 bits per heavy atom. The van der Waals surface area contributed by atoms with Crippen molar-refractivity contribution in [2.24, 2.45) is 0 Å². The van der Waals surface area contributed by atoms with Crippen LogP contribution in [0.3, 0.4) is 0 Å². The molecule has 1 rings (SSSR count). The predicted octanol–water partition coefficient (Wildman–Crippen LogP) is 1.30. The van der Waals surface area contributed by atoms with Gasteiger partial charge in [0.2, 0.25) is 0 Å². The molecule has 2 heteroatoms. The molecule has 6 heavy (non-hydrogen) atoms. The first kappa shape index (κ1) is 4.06. The van der Waals surface area contributed by atoms with E-state index in [0.717, 1.165) is 0 Å². The lowest BCUT2D eigenvalue weighted by Crippen LogP contribution is -1.99. The molecule has 1 nitrogen and oxygen atoms in total. The van der Waals surface area contributed by atoms with Crippen molar-refractivity contribution >= 4 is 11.8 Å². The third-order valence-electron chi connectivity index (χ3n) is 0.599. The van der Waals surface area contributed by atoms with E-state index in [1.54, 1.807) is 11.8 Å². The molecule has 0 aliphatic carbocycles. The van der Waals surface area contributed by atoms with Crippen LogP contribution in [0.2, 0.25) is 0 Å². The normalized spacial score (nSPS) is 21.5. The molecule has 0 aromatic carbocycles. The monoisotopic (exact) mass is 100 g/mol. The van der Waals surface area contributed by atoms with Crippen LogP contribution in [-0.2, 0) is 0 Å². The predicted molar refractivity (Wildman–Crippen MR) is 28.8 cm³/mol. The molecule has 0 bridgehead atoms. The summed E-state index contributed by atoms with van der Waals surface area (Å²) in [7, 11) is 0. The van der Waals surface area contributed by atoms with E-state index in [4.69, 9.17) is 0 Å². The summed E-state index contributed by atoms with van der Waals surface area (Å²) in [5, 5.41) is 6.30. The van der Waals surface area contributed by atoms with Gasteiger partial charge in [-0.3, -0.25) is 0 Å². The summed E-state index contributed by atoms with van der Waals surface area (Å²) in [6, 6.07) is 0. The molecule has 1 aliphatic heterocycles. The molecule has 0 aromatic heterocycles. The fraction of sp³-hybridized carbons (Fsp3) is 0.250. The lowest BCUT2D eigenvalue weighted by molar-refractivity contribution is 1.03. The highest BCUT2D eigenvalue weighted by Crippen LogP contribution is 2.20. The zero-order valence-electron chi connectivity index (χ0n) is 3.56. The molecule has 0 spiro atoms. The van der Waals surface area contributed by atoms with Gasteiger partial charge in [-0.15, -0.1) is 11.8 Å². The molecule has 1 radical (unpaired) electrons. The largest absolute Gasteiger partial charge is 0.374 e. The van der Waals surface area contributed by atoms with Gasteiger partial charge in [-0.05, 0) is 12.3 Å². The lowest BCUT2D eigenvalue weighted by atomic mass is 10.7. The van der Waals surface area contributed by atoms with E-state index in [0.29, 0.717) is 0 Å². The van der Waals surface area contributed by atoms with Crippen LogP contribution in [-0.4, -0.2) is 0 Å². The Balaban J connectivity index is 2.32. The highest BCUT2D eigenvalue weighted by atomic mass is 32.2. The van der Waals surface area contributed by atoms with E-state index in [-0.39, 0.29) is 0 Å². The number of thioether (sulfide) groups is 1. The molecule has 0 saturated carbocycles. The molecular weight excluding hydrogens is 94.1 g/mol. The molecule has 0 saturated heterocycles. The highest BCUT2D eigenvalue weighted by Gasteiger charge is 2.00. The van der Waals surface area contributed by atoms with Crippen molar-refractivity contribution < 1.29 is 0 Å². The fourth-order valence-electron chi connectivity index (χ4n) is 0.321. The summed E-state index contributed by atoms with van der Waals surface area (Å²) in [4.78, 5) is 0. The number of hydrogen-bond donors (Lipinski definition) is 1. The fourth-order valence-corrected chi connectivity index (χ4v) is 0.798. The molecule has 0 unspecified atom stereocenters. The Morgan fingerprint density at radius 1 is 1.83 bits per heavy atom. The summed E-state index contributed by atoms with van der Waals surface area (Å²) in [6.07, 6.45) is 1.93. The zero-order valence-corrected chi connectivity index (χ0v) is 4.38. The topological polar surface area (TPSA) is 12.0 Å². The molecule has 0 amide bonds. The van der Waals surface area contributed by atoms with Gasteiger partial charge < -0.3 is 5.32 Å². The molecule has 0 atom stereocenters. The van der Waals surface area contributed by atoms with Gasteiger partial charge in [0.05, 0.1) is 0 Å². The first-order valence-electron chi connectivity index (χ1n) is 1.81. The van der Waals surface area contributed by atoms with Gasteiger partial charge in [0.25, 0.3) is 0 Å². The van der Waals surface area contributed by atoms with Crippen molar-refractivity contribution in [2.45, 2.75) is 6.92 Å². The van der Waals surface area contributed by atoms with Crippen LogP contribution in [0.15, 0.2) is 11.6 Å².